The second-order valence-electron chi connectivity index (χ2n) is 13.0. The van der Waals surface area contributed by atoms with Gasteiger partial charge in [-0.05, 0) is 84.6 Å². The largest absolute Gasteiger partial charge is 0.415 e. The van der Waals surface area contributed by atoms with E-state index in [-0.39, 0.29) is 18.3 Å². The van der Waals surface area contributed by atoms with E-state index in [0.717, 1.165) is 0 Å². The van der Waals surface area contributed by atoms with Gasteiger partial charge >= 0.3 is 0 Å². The molecule has 4 atom stereocenters. The Morgan fingerprint density at radius 3 is 1.97 bits per heavy atom. The maximum absolute atomic E-state index is 6.76. The maximum atomic E-state index is 6.76. The Morgan fingerprint density at radius 1 is 0.914 bits per heavy atom. The molecule has 2 rings (SSSR count). The van der Waals surface area contributed by atoms with Gasteiger partial charge in [0, 0.05) is 6.20 Å². The summed E-state index contributed by atoms with van der Waals surface area (Å²) in [6.45, 7) is 26.7. The van der Waals surface area contributed by atoms with Gasteiger partial charge in [0.05, 0.1) is 13.7 Å². The Morgan fingerprint density at radius 2 is 1.49 bits per heavy atom. The predicted octanol–water partition coefficient (Wildman–Crippen LogP) is 4.78. The lowest BCUT2D eigenvalue weighted by atomic mass is 10.1. The quantitative estimate of drug-likeness (QED) is 0.308. The van der Waals surface area contributed by atoms with Gasteiger partial charge < -0.3 is 22.7 Å². The molecule has 1 aromatic heterocycles. The van der Waals surface area contributed by atoms with Gasteiger partial charge in [-0.25, -0.2) is 5.48 Å². The number of hydrogen-bond donors (Lipinski definition) is 1. The van der Waals surface area contributed by atoms with E-state index in [4.69, 9.17) is 32.5 Å². The van der Waals surface area contributed by atoms with Gasteiger partial charge in [0.15, 0.2) is 39.4 Å². The van der Waals surface area contributed by atoms with E-state index in [1.54, 1.807) is 7.11 Å². The van der Waals surface area contributed by atoms with E-state index in [0.29, 0.717) is 18.0 Å². The highest BCUT2D eigenvalue weighted by atomic mass is 28.4. The fraction of sp³-hybridized carbons (Fsp3) is 0.818. The first-order valence-electron chi connectivity index (χ1n) is 12.4. The molecule has 4 unspecified atom stereocenters. The van der Waals surface area contributed by atoms with Crippen LogP contribution in [0.2, 0.25) is 78.6 Å². The zero-order valence-electron chi connectivity index (χ0n) is 24.1. The summed E-state index contributed by atoms with van der Waals surface area (Å²) >= 11 is 0. The number of ether oxygens (including phenoxy) is 1. The zero-order chi connectivity index (χ0) is 26.8. The van der Waals surface area contributed by atoms with Gasteiger partial charge in [-0.15, -0.1) is 0 Å². The van der Waals surface area contributed by atoms with Crippen LogP contribution in [0.5, 0.6) is 0 Å². The van der Waals surface area contributed by atoms with Crippen LogP contribution >= 0.6 is 0 Å². The molecule has 0 saturated carbocycles. The van der Waals surface area contributed by atoms with Gasteiger partial charge in [-0.2, -0.15) is 4.98 Å². The first-order chi connectivity index (χ1) is 15.8. The van der Waals surface area contributed by atoms with Crippen LogP contribution in [0.1, 0.15) is 6.23 Å². The molecule has 0 spiro atoms. The van der Waals surface area contributed by atoms with Crippen LogP contribution in [0.3, 0.4) is 0 Å². The molecule has 35 heavy (non-hydrogen) atoms. The monoisotopic (exact) mass is 560 g/mol. The molecule has 1 fully saturated rings. The lowest BCUT2D eigenvalue weighted by Crippen LogP contribution is -2.48. The molecular formula is C22H48N4O5Si4. The third-order valence-corrected chi connectivity index (χ3v) is 8.60. The van der Waals surface area contributed by atoms with E-state index in [9.17, 15) is 0 Å². The molecule has 1 aromatic rings. The summed E-state index contributed by atoms with van der Waals surface area (Å²) in [6.07, 6.45) is 0.682. The second kappa shape index (κ2) is 11.4. The molecular weight excluding hydrogens is 513 g/mol. The molecule has 1 N–H and O–H groups in total. The fourth-order valence-corrected chi connectivity index (χ4v) is 7.33. The first kappa shape index (κ1) is 30.6. The number of anilines is 1. The van der Waals surface area contributed by atoms with Crippen molar-refractivity contribution in [2.24, 2.45) is 4.66 Å². The van der Waals surface area contributed by atoms with Crippen LogP contribution in [0.15, 0.2) is 16.9 Å². The Bertz CT molecular complexity index is 903. The molecule has 1 saturated heterocycles. The van der Waals surface area contributed by atoms with Crippen LogP contribution in [-0.4, -0.2) is 74.8 Å². The molecule has 0 aromatic carbocycles. The number of nitrogens with one attached hydrogen (secondary N) is 1. The Kier molecular flexibility index (Phi) is 9.95. The molecule has 1 aliphatic heterocycles. The van der Waals surface area contributed by atoms with E-state index < -0.39 is 39.4 Å². The second-order valence-corrected chi connectivity index (χ2v) is 31.0. The number of aromatic nitrogens is 2. The zero-order valence-corrected chi connectivity index (χ0v) is 28.1. The number of hydrogen-bond acceptors (Lipinski definition) is 8. The highest BCUT2D eigenvalue weighted by molar-refractivity contribution is 6.74. The summed E-state index contributed by atoms with van der Waals surface area (Å²) < 4.78 is 33.2. The van der Waals surface area contributed by atoms with Crippen molar-refractivity contribution in [1.82, 2.24) is 9.55 Å². The molecule has 2 heterocycles. The maximum Gasteiger partial charge on any atom is 0.231 e. The first-order valence-corrected chi connectivity index (χ1v) is 26.0. The minimum absolute atomic E-state index is 0.246. The fourth-order valence-electron chi connectivity index (χ4n) is 3.68. The molecule has 0 aliphatic carbocycles. The molecule has 0 amide bonds. The van der Waals surface area contributed by atoms with Crippen LogP contribution in [-0.2, 0) is 22.9 Å². The molecule has 13 heteroatoms. The van der Waals surface area contributed by atoms with Gasteiger partial charge in [0.2, 0.25) is 5.95 Å². The van der Waals surface area contributed by atoms with Gasteiger partial charge in [0.25, 0.3) is 0 Å². The van der Waals surface area contributed by atoms with E-state index in [1.165, 1.54) is 0 Å². The van der Waals surface area contributed by atoms with Gasteiger partial charge in [-0.1, -0.05) is 0 Å². The minimum Gasteiger partial charge on any atom is -0.415 e. The molecule has 9 nitrogen and oxygen atoms in total. The predicted molar refractivity (Wildman–Crippen MR) is 151 cm³/mol. The van der Waals surface area contributed by atoms with Crippen molar-refractivity contribution < 1.29 is 22.9 Å². The van der Waals surface area contributed by atoms with E-state index in [2.05, 4.69) is 84.0 Å². The van der Waals surface area contributed by atoms with Gasteiger partial charge in [0.1, 0.15) is 23.8 Å². The van der Waals surface area contributed by atoms with Crippen molar-refractivity contribution in [3.8, 4) is 0 Å². The van der Waals surface area contributed by atoms with Crippen molar-refractivity contribution in [1.29, 1.82) is 0 Å². The number of nitrogens with zero attached hydrogens (tertiary/aromatic N) is 3. The van der Waals surface area contributed by atoms with E-state index >= 15 is 0 Å². The summed E-state index contributed by atoms with van der Waals surface area (Å²) in [4.78, 5) is 10.0. The SMILES string of the molecule is CONc1n/c(=N\[Si](C)(C)C)ccn1C1OC(CO[Si](C)(C)C)C(O[Si](C)(C)C)C1O[Si](C)(C)C. The average molecular weight is 561 g/mol. The summed E-state index contributed by atoms with van der Waals surface area (Å²) in [5, 5.41) is 0. The van der Waals surface area contributed by atoms with E-state index in [1.807, 2.05) is 16.8 Å². The molecule has 0 radical (unpaired) electrons. The standard InChI is InChI=1S/C22H48N4O5Si4/c1-27-24-22-23-18(25-32(2,3)4)14-15-26(22)21-20(31-35(11,12)13)19(30-34(8,9)10)17(29-21)16-28-33(5,6)7/h14-15,17,19-21H,16H2,1-13H3,(H,23,24,25). The summed E-state index contributed by atoms with van der Waals surface area (Å²) in [5.74, 6) is 0.514. The summed E-state index contributed by atoms with van der Waals surface area (Å²) in [6, 6.07) is 1.92. The summed E-state index contributed by atoms with van der Waals surface area (Å²) in [5.41, 5.74) is 3.60. The summed E-state index contributed by atoms with van der Waals surface area (Å²) in [7, 11) is -5.76. The van der Waals surface area contributed by atoms with Crippen molar-refractivity contribution in [2.75, 3.05) is 19.2 Å². The van der Waals surface area contributed by atoms with Crippen LogP contribution in [0.25, 0.3) is 0 Å². The third-order valence-electron chi connectivity index (χ3n) is 4.71. The van der Waals surface area contributed by atoms with Gasteiger partial charge in [-0.3, -0.25) is 9.40 Å². The molecule has 1 aliphatic rings. The topological polar surface area (TPSA) is 88.4 Å². The molecule has 202 valence electrons. The Hall–Kier alpha value is -0.652. The van der Waals surface area contributed by atoms with Crippen molar-refractivity contribution in [3.63, 3.8) is 0 Å². The Labute approximate surface area is 216 Å². The molecule has 0 bridgehead atoms. The van der Waals surface area contributed by atoms with Crippen LogP contribution < -0.4 is 11.0 Å². The van der Waals surface area contributed by atoms with Crippen molar-refractivity contribution in [3.05, 3.63) is 17.8 Å². The number of rotatable bonds is 11. The van der Waals surface area contributed by atoms with Crippen LogP contribution in [0, 0.1) is 0 Å². The third kappa shape index (κ3) is 10.3. The minimum atomic E-state index is -1.96. The average Bonchev–Trinajstić information content (AvgIpc) is 2.93. The lowest BCUT2D eigenvalue weighted by Gasteiger charge is -2.35. The van der Waals surface area contributed by atoms with Crippen molar-refractivity contribution in [2.45, 2.75) is 103 Å². The smallest absolute Gasteiger partial charge is 0.231 e. The highest BCUT2D eigenvalue weighted by Gasteiger charge is 2.50. The normalized spacial score (nSPS) is 24.8. The van der Waals surface area contributed by atoms with Crippen molar-refractivity contribution >= 4 is 39.1 Å². The van der Waals surface area contributed by atoms with Crippen LogP contribution in [0.4, 0.5) is 5.95 Å². The lowest BCUT2D eigenvalue weighted by molar-refractivity contribution is -0.0476. The highest BCUT2D eigenvalue weighted by Crippen LogP contribution is 2.38. The Balaban J connectivity index is 2.59.